The quantitative estimate of drug-likeness (QED) is 0.834. The van der Waals surface area contributed by atoms with Gasteiger partial charge in [-0.05, 0) is 25.8 Å². The molecule has 0 saturated heterocycles. The van der Waals surface area contributed by atoms with E-state index in [4.69, 9.17) is 5.73 Å². The largest absolute Gasteiger partial charge is 0.329 e. The van der Waals surface area contributed by atoms with Crippen molar-refractivity contribution in [2.75, 3.05) is 11.9 Å². The summed E-state index contributed by atoms with van der Waals surface area (Å²) < 4.78 is 1.58. The van der Waals surface area contributed by atoms with Crippen molar-refractivity contribution in [2.45, 2.75) is 52.0 Å². The molecule has 0 spiro atoms. The van der Waals surface area contributed by atoms with Crippen LogP contribution in [0.1, 0.15) is 45.4 Å². The molecule has 0 bridgehead atoms. The predicted octanol–water partition coefficient (Wildman–Crippen LogP) is 2.11. The van der Waals surface area contributed by atoms with Crippen LogP contribution < -0.4 is 16.6 Å². The number of aromatic nitrogens is 1. The Morgan fingerprint density at radius 2 is 1.95 bits per heavy atom. The molecule has 116 valence electrons. The predicted molar refractivity (Wildman–Crippen MR) is 84.2 cm³/mol. The number of carbonyl (C=O) groups is 1. The Labute approximate surface area is 125 Å². The lowest BCUT2D eigenvalue weighted by Gasteiger charge is -2.29. The fraction of sp³-hybridized carbons (Fsp3) is 0.625. The minimum atomic E-state index is -0.455. The highest BCUT2D eigenvalue weighted by atomic mass is 16.2. The number of amides is 1. The molecule has 5 heteroatoms. The highest BCUT2D eigenvalue weighted by Crippen LogP contribution is 2.35. The fourth-order valence-corrected chi connectivity index (χ4v) is 3.05. The Kier molecular flexibility index (Phi) is 5.17. The van der Waals surface area contributed by atoms with E-state index in [1.165, 1.54) is 18.9 Å². The highest BCUT2D eigenvalue weighted by Gasteiger charge is 2.37. The van der Waals surface area contributed by atoms with Crippen LogP contribution in [-0.2, 0) is 11.3 Å². The monoisotopic (exact) mass is 291 g/mol. The summed E-state index contributed by atoms with van der Waals surface area (Å²) in [6, 6.07) is 3.15. The molecule has 0 aromatic carbocycles. The smallest absolute Gasteiger partial charge is 0.250 e. The molecule has 5 nitrogen and oxygen atoms in total. The number of rotatable bonds is 4. The van der Waals surface area contributed by atoms with Gasteiger partial charge in [0.05, 0.1) is 11.1 Å². The molecule has 1 aromatic heterocycles. The number of nitrogens with zero attached hydrogens (tertiary/aromatic N) is 1. The van der Waals surface area contributed by atoms with Crippen LogP contribution in [-0.4, -0.2) is 17.0 Å². The molecule has 1 aliphatic rings. The summed E-state index contributed by atoms with van der Waals surface area (Å²) in [7, 11) is 0. The topological polar surface area (TPSA) is 77.1 Å². The van der Waals surface area contributed by atoms with Gasteiger partial charge in [0.25, 0.3) is 5.56 Å². The molecule has 1 amide bonds. The van der Waals surface area contributed by atoms with Crippen molar-refractivity contribution < 1.29 is 4.79 Å². The molecule has 1 fully saturated rings. The molecule has 2 rings (SSSR count). The summed E-state index contributed by atoms with van der Waals surface area (Å²) in [6.45, 7) is 2.87. The summed E-state index contributed by atoms with van der Waals surface area (Å²) in [5.74, 6) is -0.00629. The second kappa shape index (κ2) is 6.89. The second-order valence-corrected chi connectivity index (χ2v) is 5.89. The van der Waals surface area contributed by atoms with E-state index in [1.54, 1.807) is 16.8 Å². The van der Waals surface area contributed by atoms with Crippen molar-refractivity contribution in [1.82, 2.24) is 4.57 Å². The number of anilines is 1. The number of hydrogen-bond acceptors (Lipinski definition) is 3. The maximum Gasteiger partial charge on any atom is 0.250 e. The summed E-state index contributed by atoms with van der Waals surface area (Å²) in [6.07, 6.45) is 7.86. The molecule has 1 saturated carbocycles. The molecule has 1 heterocycles. The average Bonchev–Trinajstić information content (AvgIpc) is 2.75. The summed E-state index contributed by atoms with van der Waals surface area (Å²) in [5, 5.41) is 2.95. The van der Waals surface area contributed by atoms with Gasteiger partial charge in [-0.25, -0.2) is 0 Å². The van der Waals surface area contributed by atoms with Crippen LogP contribution in [0.3, 0.4) is 0 Å². The SMILES string of the molecule is CCn1cc(NC(=O)C2(CN)CCCCCC2)ccc1=O. The molecular weight excluding hydrogens is 266 g/mol. The lowest BCUT2D eigenvalue weighted by molar-refractivity contribution is -0.125. The number of hydrogen-bond donors (Lipinski definition) is 2. The fourth-order valence-electron chi connectivity index (χ4n) is 3.05. The van der Waals surface area contributed by atoms with Crippen LogP contribution in [0, 0.1) is 5.41 Å². The number of carbonyl (C=O) groups excluding carboxylic acids is 1. The van der Waals surface area contributed by atoms with E-state index >= 15 is 0 Å². The van der Waals surface area contributed by atoms with Crippen LogP contribution in [0.25, 0.3) is 0 Å². The summed E-state index contributed by atoms with van der Waals surface area (Å²) in [5.41, 5.74) is 6.08. The molecule has 1 aromatic rings. The second-order valence-electron chi connectivity index (χ2n) is 5.89. The maximum absolute atomic E-state index is 12.7. The Morgan fingerprint density at radius 1 is 1.29 bits per heavy atom. The molecule has 1 aliphatic carbocycles. The first-order valence-electron chi connectivity index (χ1n) is 7.83. The standard InChI is InChI=1S/C16H25N3O2/c1-2-19-11-13(7-8-14(19)20)18-15(21)16(12-17)9-5-3-4-6-10-16/h7-8,11H,2-6,9-10,12,17H2,1H3,(H,18,21). The van der Waals surface area contributed by atoms with Crippen LogP contribution in [0.4, 0.5) is 5.69 Å². The zero-order chi connectivity index (χ0) is 15.3. The van der Waals surface area contributed by atoms with Crippen LogP contribution in [0.5, 0.6) is 0 Å². The van der Waals surface area contributed by atoms with Crippen LogP contribution in [0.2, 0.25) is 0 Å². The minimum Gasteiger partial charge on any atom is -0.329 e. The first kappa shape index (κ1) is 15.8. The van der Waals surface area contributed by atoms with Gasteiger partial charge in [0.15, 0.2) is 0 Å². The molecular formula is C16H25N3O2. The molecule has 21 heavy (non-hydrogen) atoms. The molecule has 0 aliphatic heterocycles. The van der Waals surface area contributed by atoms with Gasteiger partial charge in [-0.15, -0.1) is 0 Å². The third-order valence-electron chi connectivity index (χ3n) is 4.52. The van der Waals surface area contributed by atoms with E-state index in [0.717, 1.165) is 25.7 Å². The number of nitrogens with one attached hydrogen (secondary N) is 1. The minimum absolute atomic E-state index is 0.00629. The van der Waals surface area contributed by atoms with Gasteiger partial charge in [0.2, 0.25) is 5.91 Å². The molecule has 0 atom stereocenters. The zero-order valence-corrected chi connectivity index (χ0v) is 12.7. The van der Waals surface area contributed by atoms with E-state index in [9.17, 15) is 9.59 Å². The molecule has 0 radical (unpaired) electrons. The average molecular weight is 291 g/mol. The lowest BCUT2D eigenvalue weighted by Crippen LogP contribution is -2.42. The van der Waals surface area contributed by atoms with E-state index in [2.05, 4.69) is 5.32 Å². The van der Waals surface area contributed by atoms with Gasteiger partial charge in [-0.3, -0.25) is 9.59 Å². The Balaban J connectivity index is 2.17. The Hall–Kier alpha value is -1.62. The lowest BCUT2D eigenvalue weighted by atomic mass is 9.79. The van der Waals surface area contributed by atoms with Gasteiger partial charge in [0.1, 0.15) is 0 Å². The molecule has 0 unspecified atom stereocenters. The zero-order valence-electron chi connectivity index (χ0n) is 12.7. The first-order chi connectivity index (χ1) is 10.1. The third kappa shape index (κ3) is 3.53. The summed E-state index contributed by atoms with van der Waals surface area (Å²) >= 11 is 0. The van der Waals surface area contributed by atoms with Gasteiger partial charge in [-0.1, -0.05) is 25.7 Å². The van der Waals surface area contributed by atoms with Gasteiger partial charge < -0.3 is 15.6 Å². The number of pyridine rings is 1. The van der Waals surface area contributed by atoms with Crippen molar-refractivity contribution in [1.29, 1.82) is 0 Å². The normalized spacial score (nSPS) is 18.0. The van der Waals surface area contributed by atoms with Crippen molar-refractivity contribution in [2.24, 2.45) is 11.1 Å². The van der Waals surface area contributed by atoms with Crippen molar-refractivity contribution >= 4 is 11.6 Å². The Morgan fingerprint density at radius 3 is 2.52 bits per heavy atom. The van der Waals surface area contributed by atoms with E-state index in [1.807, 2.05) is 6.92 Å². The van der Waals surface area contributed by atoms with Crippen molar-refractivity contribution in [3.63, 3.8) is 0 Å². The first-order valence-corrected chi connectivity index (χ1v) is 7.83. The Bertz CT molecular complexity index is 543. The number of nitrogens with two attached hydrogens (primary N) is 1. The summed E-state index contributed by atoms with van der Waals surface area (Å²) in [4.78, 5) is 24.3. The van der Waals surface area contributed by atoms with Gasteiger partial charge >= 0.3 is 0 Å². The maximum atomic E-state index is 12.7. The van der Waals surface area contributed by atoms with E-state index in [-0.39, 0.29) is 11.5 Å². The van der Waals surface area contributed by atoms with Crippen molar-refractivity contribution in [3.05, 3.63) is 28.7 Å². The number of aryl methyl sites for hydroxylation is 1. The van der Waals surface area contributed by atoms with Gasteiger partial charge in [0, 0.05) is 25.4 Å². The molecule has 3 N–H and O–H groups in total. The van der Waals surface area contributed by atoms with Crippen LogP contribution in [0.15, 0.2) is 23.1 Å². The third-order valence-corrected chi connectivity index (χ3v) is 4.52. The van der Waals surface area contributed by atoms with E-state index in [0.29, 0.717) is 18.8 Å². The van der Waals surface area contributed by atoms with Gasteiger partial charge in [-0.2, -0.15) is 0 Å². The van der Waals surface area contributed by atoms with Crippen molar-refractivity contribution in [3.8, 4) is 0 Å². The van der Waals surface area contributed by atoms with E-state index < -0.39 is 5.41 Å². The highest BCUT2D eigenvalue weighted by molar-refractivity contribution is 5.95. The van der Waals surface area contributed by atoms with Crippen LogP contribution >= 0.6 is 0 Å².